The molecular formula is C22H26N2O3. The number of carbonyl (C=O) groups excluding carboxylic acids is 1. The molecule has 3 aliphatic carbocycles. The number of aryl methyl sites for hydroxylation is 1. The third kappa shape index (κ3) is 2.30. The summed E-state index contributed by atoms with van der Waals surface area (Å²) in [5.41, 5.74) is 5.49. The summed E-state index contributed by atoms with van der Waals surface area (Å²) in [7, 11) is 0. The SMILES string of the molecule is CCOC(=O)c1[nH]nc2c1CC1C3CCc4cc(O)ccc4C3CCC21C. The molecule has 27 heavy (non-hydrogen) atoms. The maximum Gasteiger partial charge on any atom is 0.356 e. The van der Waals surface area contributed by atoms with E-state index in [1.807, 2.05) is 19.1 Å². The summed E-state index contributed by atoms with van der Waals surface area (Å²) >= 11 is 0. The number of esters is 1. The van der Waals surface area contributed by atoms with Crippen LogP contribution in [0.15, 0.2) is 18.2 Å². The van der Waals surface area contributed by atoms with Crippen LogP contribution in [0.1, 0.15) is 71.9 Å². The molecule has 5 nitrogen and oxygen atoms in total. The van der Waals surface area contributed by atoms with Crippen LogP contribution in [0.2, 0.25) is 0 Å². The normalized spacial score (nSPS) is 30.8. The number of ether oxygens (including phenoxy) is 1. The van der Waals surface area contributed by atoms with E-state index in [0.29, 0.717) is 35.8 Å². The number of nitrogens with one attached hydrogen (secondary N) is 1. The van der Waals surface area contributed by atoms with Gasteiger partial charge >= 0.3 is 5.97 Å². The van der Waals surface area contributed by atoms with Crippen molar-refractivity contribution in [1.29, 1.82) is 0 Å². The molecule has 0 spiro atoms. The standard InChI is InChI=1S/C22H26N2O3/c1-3-27-21(26)19-17-11-18-16-6-4-12-10-13(25)5-7-14(12)15(16)8-9-22(18,2)20(17)24-23-19/h5,7,10,15-16,18,25H,3-4,6,8-9,11H2,1-2H3,(H,23,24). The number of hydrogen-bond acceptors (Lipinski definition) is 4. The van der Waals surface area contributed by atoms with Gasteiger partial charge in [0.2, 0.25) is 0 Å². The first-order valence-corrected chi connectivity index (χ1v) is 10.1. The van der Waals surface area contributed by atoms with Crippen molar-refractivity contribution in [3.05, 3.63) is 46.3 Å². The number of benzene rings is 1. The van der Waals surface area contributed by atoms with Crippen molar-refractivity contribution in [3.8, 4) is 5.75 Å². The molecule has 3 aliphatic rings. The number of aromatic nitrogens is 2. The molecule has 5 heteroatoms. The van der Waals surface area contributed by atoms with Crippen LogP contribution in [0.5, 0.6) is 5.75 Å². The third-order valence-electron chi connectivity index (χ3n) is 7.41. The summed E-state index contributed by atoms with van der Waals surface area (Å²) in [6.07, 6.45) is 5.29. The van der Waals surface area contributed by atoms with Gasteiger partial charge in [-0.15, -0.1) is 0 Å². The average molecular weight is 366 g/mol. The van der Waals surface area contributed by atoms with E-state index in [4.69, 9.17) is 4.74 Å². The van der Waals surface area contributed by atoms with Crippen molar-refractivity contribution in [2.45, 2.75) is 57.3 Å². The Morgan fingerprint density at radius 1 is 1.41 bits per heavy atom. The predicted octanol–water partition coefficient (Wildman–Crippen LogP) is 3.86. The Morgan fingerprint density at radius 2 is 2.26 bits per heavy atom. The van der Waals surface area contributed by atoms with E-state index in [-0.39, 0.29) is 11.4 Å². The second kappa shape index (κ2) is 5.85. The molecule has 2 aromatic rings. The Kier molecular flexibility index (Phi) is 3.65. The number of phenols is 1. The van der Waals surface area contributed by atoms with Gasteiger partial charge in [-0.3, -0.25) is 5.10 Å². The van der Waals surface area contributed by atoms with Gasteiger partial charge in [-0.25, -0.2) is 4.79 Å². The van der Waals surface area contributed by atoms with Crippen LogP contribution >= 0.6 is 0 Å². The van der Waals surface area contributed by atoms with E-state index in [1.54, 1.807) is 0 Å². The largest absolute Gasteiger partial charge is 0.508 e. The smallest absolute Gasteiger partial charge is 0.356 e. The molecule has 1 heterocycles. The van der Waals surface area contributed by atoms with Crippen LogP contribution in [-0.2, 0) is 23.0 Å². The van der Waals surface area contributed by atoms with Crippen molar-refractivity contribution in [2.75, 3.05) is 6.61 Å². The highest BCUT2D eigenvalue weighted by molar-refractivity contribution is 5.89. The van der Waals surface area contributed by atoms with Gasteiger partial charge in [0.1, 0.15) is 11.4 Å². The highest BCUT2D eigenvalue weighted by Gasteiger charge is 2.55. The molecule has 1 fully saturated rings. The van der Waals surface area contributed by atoms with Crippen molar-refractivity contribution in [1.82, 2.24) is 10.2 Å². The van der Waals surface area contributed by atoms with Gasteiger partial charge in [-0.2, -0.15) is 5.10 Å². The van der Waals surface area contributed by atoms with E-state index in [2.05, 4.69) is 23.2 Å². The van der Waals surface area contributed by atoms with Gasteiger partial charge in [0.15, 0.2) is 0 Å². The predicted molar refractivity (Wildman–Crippen MR) is 101 cm³/mol. The van der Waals surface area contributed by atoms with Crippen LogP contribution in [0, 0.1) is 11.8 Å². The fourth-order valence-electron chi connectivity index (χ4n) is 6.19. The van der Waals surface area contributed by atoms with E-state index in [9.17, 15) is 9.90 Å². The molecule has 4 atom stereocenters. The van der Waals surface area contributed by atoms with Gasteiger partial charge in [0.05, 0.1) is 12.3 Å². The molecule has 5 rings (SSSR count). The maximum absolute atomic E-state index is 12.3. The van der Waals surface area contributed by atoms with Crippen molar-refractivity contribution < 1.29 is 14.6 Å². The fourth-order valence-corrected chi connectivity index (χ4v) is 6.19. The number of nitrogens with zero attached hydrogens (tertiary/aromatic N) is 1. The molecule has 142 valence electrons. The number of carbonyl (C=O) groups is 1. The first-order valence-electron chi connectivity index (χ1n) is 10.1. The Hall–Kier alpha value is -2.30. The summed E-state index contributed by atoms with van der Waals surface area (Å²) in [6.45, 7) is 4.54. The lowest BCUT2D eigenvalue weighted by Gasteiger charge is -2.49. The second-order valence-electron chi connectivity index (χ2n) is 8.61. The number of phenolic OH excluding ortho intramolecular Hbond substituents is 1. The lowest BCUT2D eigenvalue weighted by atomic mass is 9.55. The van der Waals surface area contributed by atoms with Crippen LogP contribution in [-0.4, -0.2) is 27.9 Å². The zero-order valence-electron chi connectivity index (χ0n) is 15.9. The number of aromatic amines is 1. The van der Waals surface area contributed by atoms with Gasteiger partial charge in [0.25, 0.3) is 0 Å². The van der Waals surface area contributed by atoms with E-state index < -0.39 is 0 Å². The summed E-state index contributed by atoms with van der Waals surface area (Å²) < 4.78 is 5.23. The molecule has 4 unspecified atom stereocenters. The lowest BCUT2D eigenvalue weighted by molar-refractivity contribution is 0.0516. The highest BCUT2D eigenvalue weighted by atomic mass is 16.5. The van der Waals surface area contributed by atoms with Crippen molar-refractivity contribution in [2.24, 2.45) is 11.8 Å². The Morgan fingerprint density at radius 3 is 3.07 bits per heavy atom. The maximum atomic E-state index is 12.3. The molecule has 0 saturated heterocycles. The van der Waals surface area contributed by atoms with Crippen molar-refractivity contribution >= 4 is 5.97 Å². The molecule has 0 amide bonds. The van der Waals surface area contributed by atoms with Crippen LogP contribution in [0.4, 0.5) is 0 Å². The molecule has 1 saturated carbocycles. The van der Waals surface area contributed by atoms with Crippen LogP contribution in [0.25, 0.3) is 0 Å². The highest BCUT2D eigenvalue weighted by Crippen LogP contribution is 2.60. The summed E-state index contributed by atoms with van der Waals surface area (Å²) in [5, 5.41) is 17.4. The number of H-pyrrole nitrogens is 1. The molecule has 0 bridgehead atoms. The first kappa shape index (κ1) is 16.8. The average Bonchev–Trinajstić information content (AvgIpc) is 3.19. The molecule has 0 radical (unpaired) electrons. The minimum Gasteiger partial charge on any atom is -0.508 e. The third-order valence-corrected chi connectivity index (χ3v) is 7.41. The van der Waals surface area contributed by atoms with Gasteiger partial charge < -0.3 is 9.84 Å². The van der Waals surface area contributed by atoms with Gasteiger partial charge in [-0.1, -0.05) is 13.0 Å². The zero-order valence-corrected chi connectivity index (χ0v) is 15.9. The van der Waals surface area contributed by atoms with Gasteiger partial charge in [0, 0.05) is 11.0 Å². The van der Waals surface area contributed by atoms with Gasteiger partial charge in [-0.05, 0) is 80.0 Å². The molecule has 0 aliphatic heterocycles. The summed E-state index contributed by atoms with van der Waals surface area (Å²) in [4.78, 5) is 12.3. The number of hydrogen-bond donors (Lipinski definition) is 2. The fraction of sp³-hybridized carbons (Fsp3) is 0.545. The zero-order chi connectivity index (χ0) is 18.8. The number of aromatic hydroxyl groups is 1. The van der Waals surface area contributed by atoms with E-state index in [1.165, 1.54) is 11.1 Å². The first-order chi connectivity index (χ1) is 13.0. The Bertz CT molecular complexity index is 918. The lowest BCUT2D eigenvalue weighted by Crippen LogP contribution is -2.43. The molecule has 2 N–H and O–H groups in total. The Labute approximate surface area is 159 Å². The van der Waals surface area contributed by atoms with Crippen LogP contribution in [0.3, 0.4) is 0 Å². The molecule has 1 aromatic heterocycles. The number of fused-ring (bicyclic) bond motifs is 7. The minimum absolute atomic E-state index is 0.0339. The summed E-state index contributed by atoms with van der Waals surface area (Å²) in [6, 6.07) is 5.90. The quantitative estimate of drug-likeness (QED) is 0.792. The Balaban J connectivity index is 1.50. The minimum atomic E-state index is -0.283. The van der Waals surface area contributed by atoms with E-state index >= 15 is 0 Å². The van der Waals surface area contributed by atoms with Crippen LogP contribution < -0.4 is 0 Å². The molecule has 1 aromatic carbocycles. The number of rotatable bonds is 2. The second-order valence-corrected chi connectivity index (χ2v) is 8.61. The summed E-state index contributed by atoms with van der Waals surface area (Å²) in [5.74, 6) is 1.75. The van der Waals surface area contributed by atoms with E-state index in [0.717, 1.165) is 43.4 Å². The monoisotopic (exact) mass is 366 g/mol. The molecular weight excluding hydrogens is 340 g/mol. The van der Waals surface area contributed by atoms with Crippen molar-refractivity contribution in [3.63, 3.8) is 0 Å². The topological polar surface area (TPSA) is 75.2 Å².